The van der Waals surface area contributed by atoms with Gasteiger partial charge in [0.15, 0.2) is 5.75 Å². The van der Waals surface area contributed by atoms with E-state index in [0.29, 0.717) is 0 Å². The van der Waals surface area contributed by atoms with Gasteiger partial charge >= 0.3 is 0 Å². The summed E-state index contributed by atoms with van der Waals surface area (Å²) < 4.78 is 26.5. The van der Waals surface area contributed by atoms with Crippen molar-refractivity contribution in [1.82, 2.24) is 0 Å². The molecule has 106 valence electrons. The van der Waals surface area contributed by atoms with E-state index in [-0.39, 0.29) is 40.3 Å². The van der Waals surface area contributed by atoms with Crippen LogP contribution in [-0.4, -0.2) is 25.7 Å². The number of rotatable bonds is 6. The minimum atomic E-state index is -3.58. The number of nitro benzene ring substituents is 1. The highest BCUT2D eigenvalue weighted by molar-refractivity contribution is 8.13. The molecule has 0 spiro atoms. The van der Waals surface area contributed by atoms with Crippen molar-refractivity contribution in [3.05, 3.63) is 32.3 Å². The molecule has 0 atom stereocenters. The predicted octanol–water partition coefficient (Wildman–Crippen LogP) is 3.24. The van der Waals surface area contributed by atoms with Crippen LogP contribution in [0.2, 0.25) is 10.0 Å². The second-order valence-electron chi connectivity index (χ2n) is 3.44. The Balaban J connectivity index is 2.72. The molecule has 1 aromatic carbocycles. The Morgan fingerprint density at radius 3 is 2.21 bits per heavy atom. The lowest BCUT2D eigenvalue weighted by Crippen LogP contribution is -2.05. The van der Waals surface area contributed by atoms with E-state index in [1.165, 1.54) is 0 Å². The predicted molar refractivity (Wildman–Crippen MR) is 72.9 cm³/mol. The SMILES string of the molecule is O=[N+]([O-])c1cc(Cl)c(OCCCS(=O)(=O)Cl)c(Cl)c1. The van der Waals surface area contributed by atoms with Gasteiger partial charge in [0.25, 0.3) is 5.69 Å². The van der Waals surface area contributed by atoms with Crippen molar-refractivity contribution in [2.24, 2.45) is 0 Å². The lowest BCUT2D eigenvalue weighted by Gasteiger charge is -2.09. The fraction of sp³-hybridized carbons (Fsp3) is 0.333. The van der Waals surface area contributed by atoms with Gasteiger partial charge in [0.05, 0.1) is 27.3 Å². The number of halogens is 3. The van der Waals surface area contributed by atoms with Crippen LogP contribution in [0.5, 0.6) is 5.75 Å². The summed E-state index contributed by atoms with van der Waals surface area (Å²) in [5.41, 5.74) is -0.259. The van der Waals surface area contributed by atoms with Crippen LogP contribution in [0, 0.1) is 10.1 Å². The third-order valence-corrected chi connectivity index (χ3v) is 3.77. The lowest BCUT2D eigenvalue weighted by molar-refractivity contribution is -0.384. The number of benzene rings is 1. The van der Waals surface area contributed by atoms with Crippen LogP contribution in [0.3, 0.4) is 0 Å². The molecule has 0 saturated carbocycles. The van der Waals surface area contributed by atoms with Crippen LogP contribution >= 0.6 is 33.9 Å². The minimum Gasteiger partial charge on any atom is -0.490 e. The molecule has 0 radical (unpaired) electrons. The van der Waals surface area contributed by atoms with Gasteiger partial charge in [0.1, 0.15) is 0 Å². The van der Waals surface area contributed by atoms with E-state index in [0.717, 1.165) is 12.1 Å². The highest BCUT2D eigenvalue weighted by Crippen LogP contribution is 2.36. The molecule has 19 heavy (non-hydrogen) atoms. The average Bonchev–Trinajstić information content (AvgIpc) is 2.25. The Morgan fingerprint density at radius 2 is 1.79 bits per heavy atom. The molecule has 0 bridgehead atoms. The van der Waals surface area contributed by atoms with Crippen LogP contribution in [0.25, 0.3) is 0 Å². The molecular formula is C9H8Cl3NO5S. The van der Waals surface area contributed by atoms with Crippen molar-refractivity contribution < 1.29 is 18.1 Å². The zero-order valence-electron chi connectivity index (χ0n) is 9.31. The maximum atomic E-state index is 10.7. The quantitative estimate of drug-likeness (QED) is 0.341. The summed E-state index contributed by atoms with van der Waals surface area (Å²) in [5, 5.41) is 10.5. The Labute approximate surface area is 123 Å². The fourth-order valence-corrected chi connectivity index (χ4v) is 2.57. The first-order chi connectivity index (χ1) is 8.70. The molecule has 0 heterocycles. The monoisotopic (exact) mass is 347 g/mol. The van der Waals surface area contributed by atoms with E-state index in [4.69, 9.17) is 38.6 Å². The zero-order chi connectivity index (χ0) is 14.6. The normalized spacial score (nSPS) is 11.3. The average molecular weight is 349 g/mol. The van der Waals surface area contributed by atoms with Gasteiger partial charge in [-0.15, -0.1) is 0 Å². The Hall–Kier alpha value is -0.760. The molecule has 0 unspecified atom stereocenters. The van der Waals surface area contributed by atoms with Crippen LogP contribution in [0.15, 0.2) is 12.1 Å². The van der Waals surface area contributed by atoms with Crippen LogP contribution in [0.4, 0.5) is 5.69 Å². The highest BCUT2D eigenvalue weighted by Gasteiger charge is 2.16. The molecule has 0 N–H and O–H groups in total. The van der Waals surface area contributed by atoms with Crippen LogP contribution in [-0.2, 0) is 9.05 Å². The summed E-state index contributed by atoms with van der Waals surface area (Å²) in [6, 6.07) is 2.20. The molecule has 10 heteroatoms. The van der Waals surface area contributed by atoms with Gasteiger partial charge in [0.2, 0.25) is 9.05 Å². The first-order valence-electron chi connectivity index (χ1n) is 4.89. The Bertz CT molecular complexity index is 567. The molecule has 0 saturated heterocycles. The number of hydrogen-bond donors (Lipinski definition) is 0. The van der Waals surface area contributed by atoms with E-state index >= 15 is 0 Å². The third-order valence-electron chi connectivity index (χ3n) is 1.97. The molecule has 6 nitrogen and oxygen atoms in total. The number of non-ortho nitro benzene ring substituents is 1. The highest BCUT2D eigenvalue weighted by atomic mass is 35.7. The summed E-state index contributed by atoms with van der Waals surface area (Å²) in [6.07, 6.45) is 0.148. The summed E-state index contributed by atoms with van der Waals surface area (Å²) in [4.78, 5) is 9.92. The molecule has 0 aliphatic carbocycles. The van der Waals surface area contributed by atoms with Gasteiger partial charge in [-0.3, -0.25) is 10.1 Å². The van der Waals surface area contributed by atoms with E-state index in [9.17, 15) is 18.5 Å². The minimum absolute atomic E-state index is 0.0171. The van der Waals surface area contributed by atoms with Gasteiger partial charge in [-0.1, -0.05) is 23.2 Å². The van der Waals surface area contributed by atoms with Crippen molar-refractivity contribution >= 4 is 48.6 Å². The fourth-order valence-electron chi connectivity index (χ4n) is 1.20. The second kappa shape index (κ2) is 6.60. The van der Waals surface area contributed by atoms with Gasteiger partial charge in [-0.2, -0.15) is 0 Å². The second-order valence-corrected chi connectivity index (χ2v) is 7.15. The topological polar surface area (TPSA) is 86.5 Å². The van der Waals surface area contributed by atoms with Crippen molar-refractivity contribution in [1.29, 1.82) is 0 Å². The molecule has 0 aliphatic rings. The third kappa shape index (κ3) is 5.40. The molecule has 0 aromatic heterocycles. The first-order valence-corrected chi connectivity index (χ1v) is 8.12. The van der Waals surface area contributed by atoms with E-state index in [2.05, 4.69) is 0 Å². The van der Waals surface area contributed by atoms with E-state index in [1.807, 2.05) is 0 Å². The lowest BCUT2D eigenvalue weighted by atomic mass is 10.3. The molecule has 1 rings (SSSR count). The summed E-state index contributed by atoms with van der Waals surface area (Å²) in [6.45, 7) is 0.0171. The largest absolute Gasteiger partial charge is 0.490 e. The van der Waals surface area contributed by atoms with Crippen molar-refractivity contribution in [2.45, 2.75) is 6.42 Å². The number of hydrogen-bond acceptors (Lipinski definition) is 5. The summed E-state index contributed by atoms with van der Waals surface area (Å²) in [7, 11) is 1.44. The Morgan fingerprint density at radius 1 is 1.26 bits per heavy atom. The number of nitrogens with zero attached hydrogens (tertiary/aromatic N) is 1. The summed E-state index contributed by atoms with van der Waals surface area (Å²) in [5.74, 6) is -0.183. The van der Waals surface area contributed by atoms with Gasteiger partial charge in [-0.25, -0.2) is 8.42 Å². The molecule has 0 amide bonds. The first kappa shape index (κ1) is 16.3. The molecule has 0 fully saturated rings. The molecule has 1 aromatic rings. The van der Waals surface area contributed by atoms with Crippen LogP contribution in [0.1, 0.15) is 6.42 Å². The van der Waals surface area contributed by atoms with Gasteiger partial charge < -0.3 is 4.74 Å². The number of nitro groups is 1. The van der Waals surface area contributed by atoms with E-state index < -0.39 is 14.0 Å². The smallest absolute Gasteiger partial charge is 0.272 e. The van der Waals surface area contributed by atoms with Crippen LogP contribution < -0.4 is 4.74 Å². The zero-order valence-corrected chi connectivity index (χ0v) is 12.4. The number of ether oxygens (including phenoxy) is 1. The maximum absolute atomic E-state index is 10.7. The molecular weight excluding hydrogens is 341 g/mol. The Kier molecular flexibility index (Phi) is 5.66. The van der Waals surface area contributed by atoms with Crippen molar-refractivity contribution in [3.63, 3.8) is 0 Å². The van der Waals surface area contributed by atoms with Crippen molar-refractivity contribution in [3.8, 4) is 5.75 Å². The maximum Gasteiger partial charge on any atom is 0.272 e. The van der Waals surface area contributed by atoms with E-state index in [1.54, 1.807) is 0 Å². The van der Waals surface area contributed by atoms with Gasteiger partial charge in [0, 0.05) is 22.8 Å². The van der Waals surface area contributed by atoms with Crippen molar-refractivity contribution in [2.75, 3.05) is 12.4 Å². The van der Waals surface area contributed by atoms with Gasteiger partial charge in [-0.05, 0) is 6.42 Å². The summed E-state index contributed by atoms with van der Waals surface area (Å²) >= 11 is 11.6. The molecule has 0 aliphatic heterocycles. The standard InChI is InChI=1S/C9H8Cl3NO5S/c10-7-4-6(13(14)15)5-8(11)9(7)18-2-1-3-19(12,16)17/h4-5H,1-3H2.